The molecule has 0 heterocycles. The zero-order chi connectivity index (χ0) is 23.6. The van der Waals surface area contributed by atoms with Gasteiger partial charge in [0, 0.05) is 10.9 Å². The minimum atomic E-state index is -5.01. The maximum atomic E-state index is 15.2. The van der Waals surface area contributed by atoms with E-state index < -0.39 is 23.7 Å². The minimum absolute atomic E-state index is 0.0827. The van der Waals surface area contributed by atoms with E-state index in [1.165, 1.54) is 17.7 Å². The summed E-state index contributed by atoms with van der Waals surface area (Å²) in [6.45, 7) is 3.73. The number of hydrogen-bond acceptors (Lipinski definition) is 1. The molecule has 4 aromatic rings. The molecule has 0 atom stereocenters. The van der Waals surface area contributed by atoms with Crippen LogP contribution < -0.4 is 4.74 Å². The number of rotatable bonds is 6. The molecule has 6 heteroatoms. The molecular formula is C27H19F5O. The van der Waals surface area contributed by atoms with E-state index in [1.807, 2.05) is 36.4 Å². The number of alkyl halides is 3. The van der Waals surface area contributed by atoms with Gasteiger partial charge in [-0.1, -0.05) is 60.7 Å². The second-order valence-electron chi connectivity index (χ2n) is 7.58. The Morgan fingerprint density at radius 2 is 1.48 bits per heavy atom. The molecular weight excluding hydrogens is 435 g/mol. The lowest BCUT2D eigenvalue weighted by Crippen LogP contribution is -2.17. The van der Waals surface area contributed by atoms with E-state index in [0.29, 0.717) is 10.8 Å². The lowest BCUT2D eigenvalue weighted by molar-refractivity contribution is -0.275. The largest absolute Gasteiger partial charge is 0.573 e. The third-order valence-corrected chi connectivity index (χ3v) is 5.35. The van der Waals surface area contributed by atoms with Crippen molar-refractivity contribution in [1.82, 2.24) is 0 Å². The summed E-state index contributed by atoms with van der Waals surface area (Å²) >= 11 is 0. The molecule has 4 rings (SSSR count). The third kappa shape index (κ3) is 5.06. The van der Waals surface area contributed by atoms with Crippen LogP contribution in [0, 0.1) is 11.6 Å². The van der Waals surface area contributed by atoms with Crippen LogP contribution in [0.1, 0.15) is 12.0 Å². The van der Waals surface area contributed by atoms with Gasteiger partial charge >= 0.3 is 6.36 Å². The smallest absolute Gasteiger partial charge is 0.403 e. The monoisotopic (exact) mass is 454 g/mol. The Morgan fingerprint density at radius 3 is 2.15 bits per heavy atom. The molecule has 0 aliphatic carbocycles. The van der Waals surface area contributed by atoms with Crippen LogP contribution in [-0.4, -0.2) is 6.36 Å². The topological polar surface area (TPSA) is 9.23 Å². The van der Waals surface area contributed by atoms with E-state index in [1.54, 1.807) is 18.2 Å². The third-order valence-electron chi connectivity index (χ3n) is 5.35. The van der Waals surface area contributed by atoms with E-state index >= 15 is 4.39 Å². The number of halogens is 5. The molecule has 0 saturated carbocycles. The Hall–Kier alpha value is -3.67. The fourth-order valence-electron chi connectivity index (χ4n) is 3.70. The van der Waals surface area contributed by atoms with Gasteiger partial charge in [-0.05, 0) is 58.7 Å². The van der Waals surface area contributed by atoms with Crippen LogP contribution in [-0.2, 0) is 6.42 Å². The van der Waals surface area contributed by atoms with Crippen LogP contribution in [0.2, 0.25) is 0 Å². The van der Waals surface area contributed by atoms with Crippen molar-refractivity contribution in [2.24, 2.45) is 0 Å². The van der Waals surface area contributed by atoms with Gasteiger partial charge in [0.15, 0.2) is 11.6 Å². The molecule has 0 saturated heterocycles. The highest BCUT2D eigenvalue weighted by Gasteiger charge is 2.32. The van der Waals surface area contributed by atoms with Crippen molar-refractivity contribution in [3.63, 3.8) is 0 Å². The number of benzene rings is 4. The Labute approximate surface area is 187 Å². The number of hydrogen-bond donors (Lipinski definition) is 0. The zero-order valence-electron chi connectivity index (χ0n) is 17.4. The van der Waals surface area contributed by atoms with Crippen LogP contribution in [0.15, 0.2) is 85.5 Å². The van der Waals surface area contributed by atoms with Gasteiger partial charge in [0.2, 0.25) is 0 Å². The first-order chi connectivity index (χ1) is 15.7. The minimum Gasteiger partial charge on any atom is -0.403 e. The molecule has 168 valence electrons. The van der Waals surface area contributed by atoms with E-state index in [-0.39, 0.29) is 11.1 Å². The van der Waals surface area contributed by atoms with Crippen molar-refractivity contribution < 1.29 is 26.7 Å². The molecule has 0 fully saturated rings. The summed E-state index contributed by atoms with van der Waals surface area (Å²) in [5.74, 6) is -2.77. The summed E-state index contributed by atoms with van der Waals surface area (Å²) < 4.78 is 70.0. The van der Waals surface area contributed by atoms with E-state index in [0.717, 1.165) is 36.1 Å². The summed E-state index contributed by atoms with van der Waals surface area (Å²) in [5, 5.41) is 0.983. The first-order valence-corrected chi connectivity index (χ1v) is 10.2. The van der Waals surface area contributed by atoms with Crippen molar-refractivity contribution in [3.8, 4) is 28.0 Å². The van der Waals surface area contributed by atoms with Gasteiger partial charge in [-0.2, -0.15) is 0 Å². The summed E-state index contributed by atoms with van der Waals surface area (Å²) in [5.41, 5.74) is 3.31. The van der Waals surface area contributed by atoms with Gasteiger partial charge in [-0.25, -0.2) is 8.78 Å². The number of aryl methyl sites for hydroxylation is 1. The summed E-state index contributed by atoms with van der Waals surface area (Å²) in [6, 6.07) is 19.5. The molecule has 1 nitrogen and oxygen atoms in total. The molecule has 0 bridgehead atoms. The van der Waals surface area contributed by atoms with Crippen molar-refractivity contribution in [2.45, 2.75) is 19.2 Å². The molecule has 0 radical (unpaired) electrons. The van der Waals surface area contributed by atoms with Crippen molar-refractivity contribution in [2.75, 3.05) is 0 Å². The molecule has 0 spiro atoms. The second kappa shape index (κ2) is 9.06. The Kier molecular flexibility index (Phi) is 6.18. The van der Waals surface area contributed by atoms with Crippen molar-refractivity contribution in [3.05, 3.63) is 103 Å². The number of ether oxygens (including phenoxy) is 1. The number of allylic oxidation sites excluding steroid dienone is 1. The average Bonchev–Trinajstić information content (AvgIpc) is 2.79. The molecule has 0 aromatic heterocycles. The van der Waals surface area contributed by atoms with E-state index in [9.17, 15) is 17.6 Å². The lowest BCUT2D eigenvalue weighted by Gasteiger charge is -2.12. The van der Waals surface area contributed by atoms with Gasteiger partial charge in [0.1, 0.15) is 5.82 Å². The van der Waals surface area contributed by atoms with Crippen LogP contribution in [0.5, 0.6) is 5.75 Å². The maximum Gasteiger partial charge on any atom is 0.573 e. The van der Waals surface area contributed by atoms with E-state index in [2.05, 4.69) is 11.3 Å². The summed E-state index contributed by atoms with van der Waals surface area (Å²) in [7, 11) is 0. The van der Waals surface area contributed by atoms with Crippen molar-refractivity contribution >= 4 is 10.8 Å². The average molecular weight is 454 g/mol. The normalized spacial score (nSPS) is 11.5. The molecule has 0 amide bonds. The molecule has 0 N–H and O–H groups in total. The highest BCUT2D eigenvalue weighted by Crippen LogP contribution is 2.34. The van der Waals surface area contributed by atoms with Gasteiger partial charge in [-0.15, -0.1) is 19.8 Å². The van der Waals surface area contributed by atoms with Crippen molar-refractivity contribution in [1.29, 1.82) is 0 Å². The highest BCUT2D eigenvalue weighted by atomic mass is 19.4. The molecule has 0 aliphatic heterocycles. The van der Waals surface area contributed by atoms with Crippen LogP contribution in [0.4, 0.5) is 22.0 Å². The molecule has 0 aliphatic rings. The Balaban J connectivity index is 1.65. The van der Waals surface area contributed by atoms with Gasteiger partial charge in [0.05, 0.1) is 0 Å². The Bertz CT molecular complexity index is 1310. The lowest BCUT2D eigenvalue weighted by atomic mass is 9.96. The van der Waals surface area contributed by atoms with Crippen LogP contribution in [0.3, 0.4) is 0 Å². The van der Waals surface area contributed by atoms with E-state index in [4.69, 9.17) is 0 Å². The highest BCUT2D eigenvalue weighted by molar-refractivity contribution is 5.91. The van der Waals surface area contributed by atoms with Crippen LogP contribution >= 0.6 is 0 Å². The zero-order valence-corrected chi connectivity index (χ0v) is 17.4. The van der Waals surface area contributed by atoms with Gasteiger partial charge in [0.25, 0.3) is 0 Å². The van der Waals surface area contributed by atoms with Crippen LogP contribution in [0.25, 0.3) is 33.0 Å². The summed E-state index contributed by atoms with van der Waals surface area (Å²) in [4.78, 5) is 0. The van der Waals surface area contributed by atoms with Gasteiger partial charge < -0.3 is 4.74 Å². The molecule has 33 heavy (non-hydrogen) atoms. The molecule has 4 aromatic carbocycles. The standard InChI is InChI=1S/C27H19F5O/c1-2-3-4-17-5-7-18(8-6-17)19-9-12-22-20(15-19)10-13-23(26(22)29)21-11-14-25(24(28)16-21)33-27(30,31)32/h2,5-16H,1,3-4H2. The first-order valence-electron chi connectivity index (χ1n) is 10.2. The SMILES string of the molecule is C=CCCc1ccc(-c2ccc3c(F)c(-c4ccc(OC(F)(F)F)c(F)c4)ccc3c2)cc1. The first kappa shape index (κ1) is 22.5. The predicted molar refractivity (Wildman–Crippen MR) is 120 cm³/mol. The fraction of sp³-hybridized carbons (Fsp3) is 0.111. The Morgan fingerprint density at radius 1 is 0.788 bits per heavy atom. The summed E-state index contributed by atoms with van der Waals surface area (Å²) in [6.07, 6.45) is -1.32. The quantitative estimate of drug-likeness (QED) is 0.210. The maximum absolute atomic E-state index is 15.2. The molecule has 0 unspecified atom stereocenters. The second-order valence-corrected chi connectivity index (χ2v) is 7.58. The number of fused-ring (bicyclic) bond motifs is 1. The fourth-order valence-corrected chi connectivity index (χ4v) is 3.70. The predicted octanol–water partition coefficient (Wildman–Crippen LogP) is 8.47. The van der Waals surface area contributed by atoms with Gasteiger partial charge in [-0.3, -0.25) is 0 Å².